The molecule has 8 nitrogen and oxygen atoms in total. The van der Waals surface area contributed by atoms with Crippen molar-refractivity contribution in [2.24, 2.45) is 0 Å². The van der Waals surface area contributed by atoms with Crippen LogP contribution in [-0.2, 0) is 19.0 Å². The molecule has 1 fully saturated rings. The molecule has 1 aliphatic rings. The van der Waals surface area contributed by atoms with Crippen molar-refractivity contribution >= 4 is 27.5 Å². The fourth-order valence-electron chi connectivity index (χ4n) is 4.57. The van der Waals surface area contributed by atoms with Gasteiger partial charge in [0.2, 0.25) is 0 Å². The zero-order valence-electron chi connectivity index (χ0n) is 20.8. The van der Waals surface area contributed by atoms with Gasteiger partial charge in [0.15, 0.2) is 0 Å². The Balaban J connectivity index is 1.83. The molecular weight excluding hydrogens is 549 g/mol. The summed E-state index contributed by atoms with van der Waals surface area (Å²) in [6, 6.07) is 6.41. The van der Waals surface area contributed by atoms with Gasteiger partial charge in [0.1, 0.15) is 4.83 Å². The summed E-state index contributed by atoms with van der Waals surface area (Å²) in [5, 5.41) is 19.3. The first-order valence-corrected chi connectivity index (χ1v) is 12.9. The lowest BCUT2D eigenvalue weighted by Crippen LogP contribution is -2.48. The molecule has 2 aromatic heterocycles. The topological polar surface area (TPSA) is 105 Å². The van der Waals surface area contributed by atoms with Gasteiger partial charge in [0.25, 0.3) is 17.4 Å². The van der Waals surface area contributed by atoms with Gasteiger partial charge in [0.05, 0.1) is 35.4 Å². The van der Waals surface area contributed by atoms with Crippen LogP contribution >= 0.6 is 11.3 Å². The lowest BCUT2D eigenvalue weighted by molar-refractivity contribution is -0.136. The number of likely N-dealkylation sites (tertiary alicyclic amines) is 1. The third kappa shape index (κ3) is 5.77. The summed E-state index contributed by atoms with van der Waals surface area (Å²) >= 11 is 0.652. The van der Waals surface area contributed by atoms with Crippen molar-refractivity contribution in [3.63, 3.8) is 0 Å². The number of carbonyl (C=O) groups excluding carboxylic acids is 1. The molecule has 39 heavy (non-hydrogen) atoms. The number of hydrogen-bond donors (Lipinski definition) is 2. The molecule has 0 radical (unpaired) electrons. The van der Waals surface area contributed by atoms with E-state index in [1.54, 1.807) is 0 Å². The Labute approximate surface area is 222 Å². The second-order valence-electron chi connectivity index (χ2n) is 9.67. The van der Waals surface area contributed by atoms with Crippen LogP contribution in [0, 0.1) is 6.92 Å². The number of amides is 1. The predicted octanol–water partition coefficient (Wildman–Crippen LogP) is 3.24. The van der Waals surface area contributed by atoms with Gasteiger partial charge < -0.3 is 15.1 Å². The Kier molecular flexibility index (Phi) is 7.76. The molecule has 1 aliphatic heterocycles. The summed E-state index contributed by atoms with van der Waals surface area (Å²) in [5.41, 5.74) is -4.23. The smallest absolute Gasteiger partial charge is 0.390 e. The fourth-order valence-corrected chi connectivity index (χ4v) is 5.86. The van der Waals surface area contributed by atoms with Gasteiger partial charge in [-0.1, -0.05) is 30.3 Å². The summed E-state index contributed by atoms with van der Waals surface area (Å²) in [4.78, 5) is 41.0. The second kappa shape index (κ2) is 10.5. The number of aliphatic hydroxyl groups is 2. The van der Waals surface area contributed by atoms with E-state index in [9.17, 15) is 37.8 Å². The zero-order chi connectivity index (χ0) is 28.8. The van der Waals surface area contributed by atoms with E-state index >= 15 is 8.78 Å². The normalized spacial score (nSPS) is 16.2. The Bertz CT molecular complexity index is 1490. The minimum Gasteiger partial charge on any atom is -0.393 e. The van der Waals surface area contributed by atoms with Gasteiger partial charge in [-0.15, -0.1) is 11.3 Å². The number of benzene rings is 1. The Morgan fingerprint density at radius 1 is 1.05 bits per heavy atom. The molecule has 1 saturated heterocycles. The van der Waals surface area contributed by atoms with Crippen molar-refractivity contribution in [2.45, 2.75) is 57.0 Å². The monoisotopic (exact) mass is 575 g/mol. The standard InChI is InChI=1S/C25H26F5N3O5S/c1-15-17-19(35)33(13-24(26,27)16-5-3-2-4-6-16)22(37)32(12-9-25(28,29)30)21(17)39-18(15)20(36)31-10-7-23(38,14-34)8-11-31/h2-6,34,38H,7-14H2,1H3. The number of thiophene rings is 1. The number of carbonyl (C=O) groups is 1. The van der Waals surface area contributed by atoms with Gasteiger partial charge in [-0.3, -0.25) is 18.7 Å². The van der Waals surface area contributed by atoms with Gasteiger partial charge >= 0.3 is 11.9 Å². The first-order valence-electron chi connectivity index (χ1n) is 12.1. The third-order valence-electron chi connectivity index (χ3n) is 6.94. The van der Waals surface area contributed by atoms with Crippen LogP contribution < -0.4 is 11.2 Å². The largest absolute Gasteiger partial charge is 0.393 e. The highest BCUT2D eigenvalue weighted by atomic mass is 32.1. The number of fused-ring (bicyclic) bond motifs is 1. The van der Waals surface area contributed by atoms with Crippen LogP contribution in [0.2, 0.25) is 0 Å². The first-order chi connectivity index (χ1) is 18.2. The van der Waals surface area contributed by atoms with Gasteiger partial charge in [-0.2, -0.15) is 22.0 Å². The summed E-state index contributed by atoms with van der Waals surface area (Å²) in [6.45, 7) is -1.32. The molecule has 0 unspecified atom stereocenters. The number of rotatable bonds is 7. The molecule has 0 aliphatic carbocycles. The van der Waals surface area contributed by atoms with Crippen LogP contribution in [0.25, 0.3) is 10.2 Å². The molecule has 0 atom stereocenters. The van der Waals surface area contributed by atoms with Crippen LogP contribution in [0.15, 0.2) is 39.9 Å². The second-order valence-corrected chi connectivity index (χ2v) is 10.7. The first kappa shape index (κ1) is 28.9. The highest BCUT2D eigenvalue weighted by Gasteiger charge is 2.37. The lowest BCUT2D eigenvalue weighted by Gasteiger charge is -2.36. The Hall–Kier alpha value is -3.10. The molecule has 1 amide bonds. The zero-order valence-corrected chi connectivity index (χ0v) is 21.6. The number of aromatic nitrogens is 2. The maximum absolute atomic E-state index is 15.1. The van der Waals surface area contributed by atoms with Crippen LogP contribution in [0.4, 0.5) is 22.0 Å². The lowest BCUT2D eigenvalue weighted by atomic mass is 9.92. The highest BCUT2D eigenvalue weighted by molar-refractivity contribution is 7.20. The quantitative estimate of drug-likeness (QED) is 0.421. The maximum Gasteiger partial charge on any atom is 0.390 e. The van der Waals surface area contributed by atoms with E-state index in [-0.39, 0.29) is 51.2 Å². The molecular formula is C25H26F5N3O5S. The number of piperidine rings is 1. The highest BCUT2D eigenvalue weighted by Crippen LogP contribution is 2.33. The van der Waals surface area contributed by atoms with E-state index in [1.165, 1.54) is 30.0 Å². The Morgan fingerprint density at radius 2 is 1.67 bits per heavy atom. The molecule has 2 N–H and O–H groups in total. The van der Waals surface area contributed by atoms with Gasteiger partial charge in [-0.25, -0.2) is 4.79 Å². The van der Waals surface area contributed by atoms with Crippen molar-refractivity contribution in [3.8, 4) is 0 Å². The van der Waals surface area contributed by atoms with Crippen molar-refractivity contribution < 1.29 is 37.0 Å². The summed E-state index contributed by atoms with van der Waals surface area (Å²) in [5.74, 6) is -4.27. The van der Waals surface area contributed by atoms with E-state index in [0.29, 0.717) is 15.9 Å². The van der Waals surface area contributed by atoms with Crippen molar-refractivity contribution in [2.75, 3.05) is 19.7 Å². The van der Waals surface area contributed by atoms with Crippen molar-refractivity contribution in [1.29, 1.82) is 0 Å². The predicted molar refractivity (Wildman–Crippen MR) is 133 cm³/mol. The molecule has 1 aromatic carbocycles. The van der Waals surface area contributed by atoms with Crippen molar-refractivity contribution in [3.05, 3.63) is 67.2 Å². The number of aliphatic hydroxyl groups excluding tert-OH is 1. The van der Waals surface area contributed by atoms with Crippen LogP contribution in [0.1, 0.15) is 40.1 Å². The molecule has 212 valence electrons. The molecule has 14 heteroatoms. The number of hydrogen-bond acceptors (Lipinski definition) is 6. The van der Waals surface area contributed by atoms with Crippen LogP contribution in [-0.4, -0.2) is 61.6 Å². The van der Waals surface area contributed by atoms with Crippen LogP contribution in [0.3, 0.4) is 0 Å². The van der Waals surface area contributed by atoms with E-state index < -0.39 is 66.5 Å². The number of alkyl halides is 5. The maximum atomic E-state index is 15.1. The van der Waals surface area contributed by atoms with E-state index in [1.807, 2.05) is 0 Å². The molecule has 3 aromatic rings. The third-order valence-corrected chi connectivity index (χ3v) is 8.24. The number of nitrogens with zero attached hydrogens (tertiary/aromatic N) is 3. The van der Waals surface area contributed by atoms with Crippen LogP contribution in [0.5, 0.6) is 0 Å². The average Bonchev–Trinajstić information content (AvgIpc) is 3.23. The average molecular weight is 576 g/mol. The SMILES string of the molecule is Cc1c(C(=O)N2CCC(O)(CO)CC2)sc2c1c(=O)n(CC(F)(F)c1ccccc1)c(=O)n2CCC(F)(F)F. The molecule has 4 rings (SSSR count). The molecule has 0 saturated carbocycles. The minimum absolute atomic E-state index is 0.0238. The minimum atomic E-state index is -4.68. The molecule has 3 heterocycles. The van der Waals surface area contributed by atoms with E-state index in [2.05, 4.69) is 0 Å². The summed E-state index contributed by atoms with van der Waals surface area (Å²) < 4.78 is 70.3. The summed E-state index contributed by atoms with van der Waals surface area (Å²) in [7, 11) is 0. The Morgan fingerprint density at radius 3 is 2.23 bits per heavy atom. The fraction of sp³-hybridized carbons (Fsp3) is 0.480. The number of halogens is 5. The summed E-state index contributed by atoms with van der Waals surface area (Å²) in [6.07, 6.45) is -5.97. The molecule has 0 bridgehead atoms. The van der Waals surface area contributed by atoms with E-state index in [4.69, 9.17) is 0 Å². The van der Waals surface area contributed by atoms with Crippen molar-refractivity contribution in [1.82, 2.24) is 14.0 Å². The van der Waals surface area contributed by atoms with Gasteiger partial charge in [0, 0.05) is 25.2 Å². The number of aryl methyl sites for hydroxylation is 2. The molecule has 0 spiro atoms. The van der Waals surface area contributed by atoms with E-state index in [0.717, 1.165) is 12.1 Å². The van der Waals surface area contributed by atoms with Gasteiger partial charge in [-0.05, 0) is 25.3 Å².